The maximum atomic E-state index is 12.7. The third-order valence-electron chi connectivity index (χ3n) is 4.59. The summed E-state index contributed by atoms with van der Waals surface area (Å²) in [5.41, 5.74) is 1.48. The number of hydrogen-bond donors (Lipinski definition) is 1. The number of nitrogens with one attached hydrogen (secondary N) is 1. The third kappa shape index (κ3) is 4.52. The van der Waals surface area contributed by atoms with Crippen molar-refractivity contribution in [3.63, 3.8) is 0 Å². The van der Waals surface area contributed by atoms with Gasteiger partial charge in [-0.2, -0.15) is 0 Å². The highest BCUT2D eigenvalue weighted by molar-refractivity contribution is 6.05. The number of pyridine rings is 1. The maximum Gasteiger partial charge on any atom is 0.337 e. The number of likely N-dealkylation sites (N-methyl/N-ethyl adjacent to an activating group) is 1. The zero-order chi connectivity index (χ0) is 20.1. The van der Waals surface area contributed by atoms with Gasteiger partial charge in [-0.05, 0) is 43.4 Å². The Kier molecular flexibility index (Phi) is 6.00. The minimum Gasteiger partial charge on any atom is -0.465 e. The van der Waals surface area contributed by atoms with Gasteiger partial charge in [0.15, 0.2) is 0 Å². The monoisotopic (exact) mass is 382 g/mol. The molecule has 28 heavy (non-hydrogen) atoms. The van der Waals surface area contributed by atoms with Crippen LogP contribution >= 0.6 is 0 Å². The van der Waals surface area contributed by atoms with Crippen LogP contribution in [0.2, 0.25) is 0 Å². The van der Waals surface area contributed by atoms with Gasteiger partial charge in [0.1, 0.15) is 5.69 Å². The molecule has 0 aliphatic carbocycles. The lowest BCUT2D eigenvalue weighted by Crippen LogP contribution is -2.47. The minimum atomic E-state index is -0.449. The van der Waals surface area contributed by atoms with E-state index in [2.05, 4.69) is 19.9 Å². The molecule has 1 fully saturated rings. The highest BCUT2D eigenvalue weighted by Crippen LogP contribution is 2.13. The lowest BCUT2D eigenvalue weighted by molar-refractivity contribution is 0.0599. The predicted molar refractivity (Wildman–Crippen MR) is 103 cm³/mol. The first-order chi connectivity index (χ1) is 13.5. The highest BCUT2D eigenvalue weighted by atomic mass is 16.5. The van der Waals surface area contributed by atoms with E-state index in [0.717, 1.165) is 13.1 Å². The average molecular weight is 382 g/mol. The second-order valence-electron chi connectivity index (χ2n) is 6.55. The van der Waals surface area contributed by atoms with Crippen LogP contribution in [-0.4, -0.2) is 72.9 Å². The summed E-state index contributed by atoms with van der Waals surface area (Å²) in [6, 6.07) is 9.43. The van der Waals surface area contributed by atoms with Crippen molar-refractivity contribution in [1.29, 1.82) is 0 Å². The Morgan fingerprint density at radius 1 is 1.00 bits per heavy atom. The van der Waals surface area contributed by atoms with E-state index in [4.69, 9.17) is 0 Å². The van der Waals surface area contributed by atoms with Crippen molar-refractivity contribution < 1.29 is 19.1 Å². The molecule has 146 valence electrons. The number of methoxy groups -OCH3 is 1. The van der Waals surface area contributed by atoms with Crippen molar-refractivity contribution >= 4 is 23.5 Å². The van der Waals surface area contributed by atoms with Crippen LogP contribution in [-0.2, 0) is 4.74 Å². The van der Waals surface area contributed by atoms with E-state index in [9.17, 15) is 14.4 Å². The van der Waals surface area contributed by atoms with Crippen LogP contribution < -0.4 is 5.32 Å². The first-order valence-corrected chi connectivity index (χ1v) is 8.91. The standard InChI is InChI=1S/C20H22N4O4/c1-23-9-11-24(12-10-23)19(26)15-7-8-21-17(13-15)18(25)22-16-5-3-14(4-6-16)20(27)28-2/h3-8,13H,9-12H2,1-2H3,(H,22,25). The van der Waals surface area contributed by atoms with E-state index in [1.807, 2.05) is 7.05 Å². The Morgan fingerprint density at radius 2 is 1.68 bits per heavy atom. The normalized spacial score (nSPS) is 14.4. The second-order valence-corrected chi connectivity index (χ2v) is 6.55. The molecule has 2 amide bonds. The molecule has 0 atom stereocenters. The number of amides is 2. The van der Waals surface area contributed by atoms with Crippen LogP contribution in [0, 0.1) is 0 Å². The zero-order valence-corrected chi connectivity index (χ0v) is 15.8. The SMILES string of the molecule is COC(=O)c1ccc(NC(=O)c2cc(C(=O)N3CCN(C)CC3)ccn2)cc1. The topological polar surface area (TPSA) is 91.8 Å². The fourth-order valence-electron chi connectivity index (χ4n) is 2.88. The van der Waals surface area contributed by atoms with Crippen LogP contribution in [0.25, 0.3) is 0 Å². The van der Waals surface area contributed by atoms with Crippen molar-refractivity contribution in [2.75, 3.05) is 45.7 Å². The van der Waals surface area contributed by atoms with E-state index in [-0.39, 0.29) is 11.6 Å². The van der Waals surface area contributed by atoms with Crippen molar-refractivity contribution in [3.8, 4) is 0 Å². The van der Waals surface area contributed by atoms with Gasteiger partial charge in [-0.3, -0.25) is 14.6 Å². The van der Waals surface area contributed by atoms with Crippen molar-refractivity contribution in [3.05, 3.63) is 59.4 Å². The summed E-state index contributed by atoms with van der Waals surface area (Å²) in [6.45, 7) is 2.97. The lowest BCUT2D eigenvalue weighted by atomic mass is 10.1. The first-order valence-electron chi connectivity index (χ1n) is 8.91. The van der Waals surface area contributed by atoms with Gasteiger partial charge >= 0.3 is 5.97 Å². The van der Waals surface area contributed by atoms with Crippen LogP contribution in [0.3, 0.4) is 0 Å². The molecule has 1 aliphatic rings. The quantitative estimate of drug-likeness (QED) is 0.806. The fraction of sp³-hybridized carbons (Fsp3) is 0.300. The summed E-state index contributed by atoms with van der Waals surface area (Å²) >= 11 is 0. The van der Waals surface area contributed by atoms with Crippen molar-refractivity contribution in [2.24, 2.45) is 0 Å². The Labute approximate surface area is 163 Å². The van der Waals surface area contributed by atoms with Crippen LogP contribution in [0.5, 0.6) is 0 Å². The summed E-state index contributed by atoms with van der Waals surface area (Å²) in [7, 11) is 3.33. The molecule has 1 aromatic heterocycles. The molecule has 1 aromatic carbocycles. The van der Waals surface area contributed by atoms with Crippen LogP contribution in [0.15, 0.2) is 42.6 Å². The molecule has 3 rings (SSSR count). The summed E-state index contributed by atoms with van der Waals surface area (Å²) in [5, 5.41) is 2.71. The van der Waals surface area contributed by atoms with Gasteiger partial charge in [0.25, 0.3) is 11.8 Å². The molecule has 2 aromatic rings. The number of carbonyl (C=O) groups is 3. The third-order valence-corrected chi connectivity index (χ3v) is 4.59. The van der Waals surface area contributed by atoms with Gasteiger partial charge in [-0.1, -0.05) is 0 Å². The Morgan fingerprint density at radius 3 is 2.32 bits per heavy atom. The zero-order valence-electron chi connectivity index (χ0n) is 15.8. The summed E-state index contributed by atoms with van der Waals surface area (Å²) < 4.78 is 4.64. The molecule has 8 heteroatoms. The summed E-state index contributed by atoms with van der Waals surface area (Å²) in [4.78, 5) is 44.6. The van der Waals surface area contributed by atoms with Gasteiger partial charge < -0.3 is 19.9 Å². The van der Waals surface area contributed by atoms with E-state index in [0.29, 0.717) is 29.9 Å². The number of anilines is 1. The number of esters is 1. The average Bonchev–Trinajstić information content (AvgIpc) is 2.74. The molecular formula is C20H22N4O4. The van der Waals surface area contributed by atoms with Crippen LogP contribution in [0.1, 0.15) is 31.2 Å². The molecule has 8 nitrogen and oxygen atoms in total. The van der Waals surface area contributed by atoms with Gasteiger partial charge in [0.2, 0.25) is 0 Å². The van der Waals surface area contributed by atoms with E-state index in [1.165, 1.54) is 19.4 Å². The molecule has 1 aliphatic heterocycles. The highest BCUT2D eigenvalue weighted by Gasteiger charge is 2.21. The number of carbonyl (C=O) groups excluding carboxylic acids is 3. The molecule has 0 radical (unpaired) electrons. The minimum absolute atomic E-state index is 0.105. The molecule has 0 unspecified atom stereocenters. The molecule has 2 heterocycles. The smallest absolute Gasteiger partial charge is 0.337 e. The number of ether oxygens (including phenoxy) is 1. The van der Waals surface area contributed by atoms with Gasteiger partial charge in [-0.25, -0.2) is 4.79 Å². The van der Waals surface area contributed by atoms with Gasteiger partial charge in [0, 0.05) is 43.6 Å². The van der Waals surface area contributed by atoms with E-state index in [1.54, 1.807) is 35.2 Å². The van der Waals surface area contributed by atoms with Crippen molar-refractivity contribution in [1.82, 2.24) is 14.8 Å². The number of hydrogen-bond acceptors (Lipinski definition) is 6. The van der Waals surface area contributed by atoms with Crippen molar-refractivity contribution in [2.45, 2.75) is 0 Å². The number of aromatic nitrogens is 1. The number of rotatable bonds is 4. The second kappa shape index (κ2) is 8.62. The molecular weight excluding hydrogens is 360 g/mol. The Balaban J connectivity index is 1.68. The number of benzene rings is 1. The number of piperazine rings is 1. The van der Waals surface area contributed by atoms with E-state index < -0.39 is 11.9 Å². The van der Waals surface area contributed by atoms with Crippen LogP contribution in [0.4, 0.5) is 5.69 Å². The Bertz CT molecular complexity index is 874. The summed E-state index contributed by atoms with van der Waals surface area (Å²) in [5.74, 6) is -0.986. The Hall–Kier alpha value is -3.26. The van der Waals surface area contributed by atoms with E-state index >= 15 is 0 Å². The molecule has 0 saturated carbocycles. The summed E-state index contributed by atoms with van der Waals surface area (Å²) in [6.07, 6.45) is 1.46. The van der Waals surface area contributed by atoms with Gasteiger partial charge in [0.05, 0.1) is 12.7 Å². The predicted octanol–water partition coefficient (Wildman–Crippen LogP) is 1.51. The largest absolute Gasteiger partial charge is 0.465 e. The molecule has 0 bridgehead atoms. The lowest BCUT2D eigenvalue weighted by Gasteiger charge is -2.32. The molecule has 1 N–H and O–H groups in total. The van der Waals surface area contributed by atoms with Gasteiger partial charge in [-0.15, -0.1) is 0 Å². The first kappa shape index (κ1) is 19.5. The number of nitrogens with zero attached hydrogens (tertiary/aromatic N) is 3. The molecule has 1 saturated heterocycles. The molecule has 0 spiro atoms. The maximum absolute atomic E-state index is 12.7. The fourth-order valence-corrected chi connectivity index (χ4v) is 2.88.